The van der Waals surface area contributed by atoms with Crippen molar-refractivity contribution in [3.05, 3.63) is 72.4 Å². The van der Waals surface area contributed by atoms with Crippen molar-refractivity contribution < 1.29 is 13.9 Å². The van der Waals surface area contributed by atoms with Crippen LogP contribution in [0.3, 0.4) is 0 Å². The highest BCUT2D eigenvalue weighted by molar-refractivity contribution is 5.77. The molecular formula is C21H25N3O3. The van der Waals surface area contributed by atoms with E-state index in [-0.39, 0.29) is 24.0 Å². The monoisotopic (exact) mass is 367 g/mol. The summed E-state index contributed by atoms with van der Waals surface area (Å²) in [5.74, 6) is 1.21. The Kier molecular flexibility index (Phi) is 5.64. The summed E-state index contributed by atoms with van der Waals surface area (Å²) in [5.41, 5.74) is 1.31. The quantitative estimate of drug-likeness (QED) is 0.693. The molecule has 6 heteroatoms. The minimum atomic E-state index is -0.204. The third-order valence-corrected chi connectivity index (χ3v) is 4.30. The number of aromatic nitrogens is 2. The van der Waals surface area contributed by atoms with Crippen molar-refractivity contribution in [2.24, 2.45) is 0 Å². The zero-order valence-corrected chi connectivity index (χ0v) is 15.9. The molecule has 0 aliphatic carbocycles. The zero-order chi connectivity index (χ0) is 19.3. The Morgan fingerprint density at radius 2 is 2.00 bits per heavy atom. The standard InChI is InChI=1S/C21H25N3O3/c1-21(2,3)16-7-9-17(10-8-16)27-15-20(25)22-14-18(19-6-4-13-26-19)24-12-5-11-23-24/h4-13,18H,14-15H2,1-3H3,(H,22,25). The summed E-state index contributed by atoms with van der Waals surface area (Å²) >= 11 is 0. The molecule has 0 fully saturated rings. The van der Waals surface area contributed by atoms with E-state index in [0.717, 1.165) is 5.76 Å². The molecule has 1 unspecified atom stereocenters. The SMILES string of the molecule is CC(C)(C)c1ccc(OCC(=O)NCC(c2ccco2)n2cccn2)cc1. The second-order valence-electron chi connectivity index (χ2n) is 7.38. The van der Waals surface area contributed by atoms with Crippen LogP contribution in [0.1, 0.15) is 38.1 Å². The number of nitrogens with zero attached hydrogens (tertiary/aromatic N) is 2. The molecule has 3 rings (SSSR count). The normalized spacial score (nSPS) is 12.6. The summed E-state index contributed by atoms with van der Waals surface area (Å²) in [7, 11) is 0. The van der Waals surface area contributed by atoms with Crippen LogP contribution >= 0.6 is 0 Å². The van der Waals surface area contributed by atoms with Crippen molar-refractivity contribution in [2.75, 3.05) is 13.2 Å². The highest BCUT2D eigenvalue weighted by Gasteiger charge is 2.18. The van der Waals surface area contributed by atoms with Crippen LogP contribution in [-0.2, 0) is 10.2 Å². The summed E-state index contributed by atoms with van der Waals surface area (Å²) in [6, 6.07) is 13.2. The Morgan fingerprint density at radius 1 is 1.22 bits per heavy atom. The molecule has 0 saturated heterocycles. The first-order chi connectivity index (χ1) is 12.9. The minimum Gasteiger partial charge on any atom is -0.484 e. The van der Waals surface area contributed by atoms with Crippen LogP contribution < -0.4 is 10.1 Å². The first kappa shape index (κ1) is 18.8. The third kappa shape index (κ3) is 5.00. The van der Waals surface area contributed by atoms with Gasteiger partial charge in [0.25, 0.3) is 5.91 Å². The number of amides is 1. The highest BCUT2D eigenvalue weighted by Crippen LogP contribution is 2.24. The van der Waals surface area contributed by atoms with Gasteiger partial charge in [-0.2, -0.15) is 5.10 Å². The second-order valence-corrected chi connectivity index (χ2v) is 7.38. The van der Waals surface area contributed by atoms with Crippen LogP contribution in [0.5, 0.6) is 5.75 Å². The molecule has 0 bridgehead atoms. The number of ether oxygens (including phenoxy) is 1. The Bertz CT molecular complexity index is 798. The summed E-state index contributed by atoms with van der Waals surface area (Å²) in [4.78, 5) is 12.2. The largest absolute Gasteiger partial charge is 0.484 e. The van der Waals surface area contributed by atoms with Gasteiger partial charge in [0.15, 0.2) is 6.61 Å². The fourth-order valence-corrected chi connectivity index (χ4v) is 2.73. The van der Waals surface area contributed by atoms with Gasteiger partial charge in [-0.1, -0.05) is 32.9 Å². The lowest BCUT2D eigenvalue weighted by molar-refractivity contribution is -0.123. The maximum Gasteiger partial charge on any atom is 0.258 e. The summed E-state index contributed by atoms with van der Waals surface area (Å²) in [6.45, 7) is 6.79. The van der Waals surface area contributed by atoms with E-state index < -0.39 is 0 Å². The first-order valence-electron chi connectivity index (χ1n) is 8.96. The lowest BCUT2D eigenvalue weighted by atomic mass is 9.87. The average Bonchev–Trinajstić information content (AvgIpc) is 3.34. The van der Waals surface area contributed by atoms with Crippen LogP contribution in [0.15, 0.2) is 65.5 Å². The first-order valence-corrected chi connectivity index (χ1v) is 8.96. The van der Waals surface area contributed by atoms with E-state index >= 15 is 0 Å². The molecule has 0 aliphatic rings. The van der Waals surface area contributed by atoms with Crippen LogP contribution in [0.25, 0.3) is 0 Å². The van der Waals surface area contributed by atoms with E-state index in [4.69, 9.17) is 9.15 Å². The minimum absolute atomic E-state index is 0.0428. The van der Waals surface area contributed by atoms with Gasteiger partial charge < -0.3 is 14.5 Å². The number of nitrogens with one attached hydrogen (secondary N) is 1. The van der Waals surface area contributed by atoms with Crippen LogP contribution in [0, 0.1) is 0 Å². The Morgan fingerprint density at radius 3 is 2.59 bits per heavy atom. The smallest absolute Gasteiger partial charge is 0.258 e. The summed E-state index contributed by atoms with van der Waals surface area (Å²) < 4.78 is 12.8. The molecule has 2 heterocycles. The highest BCUT2D eigenvalue weighted by atomic mass is 16.5. The molecule has 1 N–H and O–H groups in total. The van der Waals surface area contributed by atoms with Crippen LogP contribution in [0.4, 0.5) is 0 Å². The van der Waals surface area contributed by atoms with Crippen LogP contribution in [-0.4, -0.2) is 28.8 Å². The maximum atomic E-state index is 12.2. The average molecular weight is 367 g/mol. The Balaban J connectivity index is 1.53. The molecule has 1 atom stereocenters. The van der Waals surface area contributed by atoms with Gasteiger partial charge in [0.2, 0.25) is 0 Å². The molecule has 2 aromatic heterocycles. The number of furan rings is 1. The number of benzene rings is 1. The predicted molar refractivity (Wildman–Crippen MR) is 103 cm³/mol. The Hall–Kier alpha value is -3.02. The molecule has 0 saturated carbocycles. The molecular weight excluding hydrogens is 342 g/mol. The molecule has 0 radical (unpaired) electrons. The van der Waals surface area contributed by atoms with E-state index in [1.54, 1.807) is 17.1 Å². The van der Waals surface area contributed by atoms with Crippen molar-refractivity contribution in [1.29, 1.82) is 0 Å². The van der Waals surface area contributed by atoms with Crippen LogP contribution in [0.2, 0.25) is 0 Å². The number of hydrogen-bond donors (Lipinski definition) is 1. The molecule has 27 heavy (non-hydrogen) atoms. The molecule has 0 spiro atoms. The Labute approximate surface area is 159 Å². The van der Waals surface area contributed by atoms with Crippen molar-refractivity contribution in [3.8, 4) is 5.75 Å². The third-order valence-electron chi connectivity index (χ3n) is 4.30. The number of carbonyl (C=O) groups excluding carboxylic acids is 1. The molecule has 1 amide bonds. The van der Waals surface area contributed by atoms with Gasteiger partial charge in [-0.15, -0.1) is 0 Å². The number of rotatable bonds is 7. The van der Waals surface area contributed by atoms with Gasteiger partial charge in [-0.05, 0) is 41.3 Å². The van der Waals surface area contributed by atoms with E-state index in [1.807, 2.05) is 48.7 Å². The molecule has 6 nitrogen and oxygen atoms in total. The van der Waals surface area contributed by atoms with E-state index in [2.05, 4.69) is 31.2 Å². The van der Waals surface area contributed by atoms with E-state index in [0.29, 0.717) is 12.3 Å². The van der Waals surface area contributed by atoms with Gasteiger partial charge in [0.1, 0.15) is 17.6 Å². The molecule has 142 valence electrons. The van der Waals surface area contributed by atoms with E-state index in [9.17, 15) is 4.79 Å². The van der Waals surface area contributed by atoms with Gasteiger partial charge in [-0.3, -0.25) is 9.48 Å². The fraction of sp³-hybridized carbons (Fsp3) is 0.333. The molecule has 1 aromatic carbocycles. The van der Waals surface area contributed by atoms with Gasteiger partial charge in [0, 0.05) is 18.9 Å². The zero-order valence-electron chi connectivity index (χ0n) is 15.9. The van der Waals surface area contributed by atoms with Gasteiger partial charge >= 0.3 is 0 Å². The number of hydrogen-bond acceptors (Lipinski definition) is 4. The van der Waals surface area contributed by atoms with Gasteiger partial charge in [-0.25, -0.2) is 0 Å². The summed E-state index contributed by atoms with van der Waals surface area (Å²) in [5, 5.41) is 7.13. The van der Waals surface area contributed by atoms with Crippen molar-refractivity contribution >= 4 is 5.91 Å². The van der Waals surface area contributed by atoms with Crippen molar-refractivity contribution in [1.82, 2.24) is 15.1 Å². The van der Waals surface area contributed by atoms with E-state index in [1.165, 1.54) is 5.56 Å². The van der Waals surface area contributed by atoms with Crippen molar-refractivity contribution in [3.63, 3.8) is 0 Å². The van der Waals surface area contributed by atoms with Crippen molar-refractivity contribution in [2.45, 2.75) is 32.2 Å². The molecule has 3 aromatic rings. The van der Waals surface area contributed by atoms with Gasteiger partial charge in [0.05, 0.1) is 6.26 Å². The fourth-order valence-electron chi connectivity index (χ4n) is 2.73. The maximum absolute atomic E-state index is 12.2. The molecule has 0 aliphatic heterocycles. The summed E-state index contributed by atoms with van der Waals surface area (Å²) in [6.07, 6.45) is 5.15. The number of carbonyl (C=O) groups is 1. The lowest BCUT2D eigenvalue weighted by Crippen LogP contribution is -2.34. The predicted octanol–water partition coefficient (Wildman–Crippen LogP) is 3.56. The topological polar surface area (TPSA) is 69.3 Å². The second kappa shape index (κ2) is 8.12. The lowest BCUT2D eigenvalue weighted by Gasteiger charge is -2.19.